The van der Waals surface area contributed by atoms with E-state index in [1.54, 1.807) is 0 Å². The summed E-state index contributed by atoms with van der Waals surface area (Å²) in [6.45, 7) is 16.5. The third-order valence-electron chi connectivity index (χ3n) is 12.9. The molecule has 0 radical (unpaired) electrons. The Kier molecular flexibility index (Phi) is 6.06. The summed E-state index contributed by atoms with van der Waals surface area (Å²) < 4.78 is 5.48. The second-order valence-corrected chi connectivity index (χ2v) is 15.0. The molecule has 0 saturated heterocycles. The molecule has 0 spiro atoms. The first-order chi connectivity index (χ1) is 17.1. The molecule has 3 fully saturated rings. The predicted molar refractivity (Wildman–Crippen MR) is 145 cm³/mol. The number of aliphatic hydroxyl groups excluding tert-OH is 1. The summed E-state index contributed by atoms with van der Waals surface area (Å²) >= 11 is 0. The summed E-state index contributed by atoms with van der Waals surface area (Å²) in [4.78, 5) is 26.8. The number of aliphatic hydroxyl groups is 1. The molecule has 3 N–H and O–H groups in total. The van der Waals surface area contributed by atoms with E-state index < -0.39 is 10.8 Å². The van der Waals surface area contributed by atoms with Gasteiger partial charge in [0.1, 0.15) is 12.4 Å². The Balaban J connectivity index is 1.62. The lowest BCUT2D eigenvalue weighted by Crippen LogP contribution is -2.63. The van der Waals surface area contributed by atoms with Crippen molar-refractivity contribution in [3.8, 4) is 0 Å². The number of hydrogen-bond donors (Lipinski definition) is 2. The Morgan fingerprint density at radius 1 is 1.03 bits per heavy atom. The molecule has 0 amide bonds. The third kappa shape index (κ3) is 3.41. The molecule has 0 bridgehead atoms. The van der Waals surface area contributed by atoms with Gasteiger partial charge in [0, 0.05) is 18.4 Å². The Labute approximate surface area is 223 Å². The van der Waals surface area contributed by atoms with Crippen LogP contribution in [0.3, 0.4) is 0 Å². The highest BCUT2D eigenvalue weighted by Gasteiger charge is 2.67. The van der Waals surface area contributed by atoms with E-state index in [1.165, 1.54) is 11.1 Å². The molecule has 0 aromatic carbocycles. The van der Waals surface area contributed by atoms with Gasteiger partial charge in [0.15, 0.2) is 0 Å². The van der Waals surface area contributed by atoms with Crippen LogP contribution in [0, 0.1) is 44.3 Å². The monoisotopic (exact) mass is 511 g/mol. The molecular formula is C32H49NO4. The summed E-state index contributed by atoms with van der Waals surface area (Å²) in [5, 5.41) is 10.9. The number of hydrogen-bond acceptors (Lipinski definition) is 5. The second-order valence-electron chi connectivity index (χ2n) is 15.0. The van der Waals surface area contributed by atoms with Crippen molar-refractivity contribution < 1.29 is 19.4 Å². The molecule has 5 nitrogen and oxygen atoms in total. The van der Waals surface area contributed by atoms with Gasteiger partial charge in [-0.3, -0.25) is 9.59 Å². The van der Waals surface area contributed by atoms with E-state index in [0.717, 1.165) is 38.5 Å². The number of esters is 1. The number of ether oxygens (including phenoxy) is 1. The maximum Gasteiger partial charge on any atom is 0.312 e. The number of nitrogens with two attached hydrogens (primary N) is 1. The third-order valence-corrected chi connectivity index (χ3v) is 12.9. The highest BCUT2D eigenvalue weighted by Crippen LogP contribution is 2.73. The highest BCUT2D eigenvalue weighted by molar-refractivity contribution is 5.95. The van der Waals surface area contributed by atoms with Crippen LogP contribution in [0.4, 0.5) is 0 Å². The summed E-state index contributed by atoms with van der Waals surface area (Å²) in [6.07, 6.45) is 11.4. The molecule has 3 saturated carbocycles. The number of allylic oxidation sites excluding steroid dienone is 4. The van der Waals surface area contributed by atoms with Gasteiger partial charge < -0.3 is 15.6 Å². The summed E-state index contributed by atoms with van der Waals surface area (Å²) in [6, 6.07) is 0. The van der Waals surface area contributed by atoms with Gasteiger partial charge in [0.05, 0.1) is 11.5 Å². The largest absolute Gasteiger partial charge is 0.464 e. The standard InChI is InChI=1S/C32H49NO4/c1-27(2)22-10-13-32(7)23(30(22,5)12-11-24(27)34)9-8-20-21-18-28(3,26(36)37-17-16-33)19-25(35)29(21,4)14-15-31(20,32)6/h8-9,22-24,34H,10-19,33H2,1-7H3/t22-,23+,24-,28-,29+,30-,31+,32+/m0/s1. The lowest BCUT2D eigenvalue weighted by atomic mass is 9.35. The number of Topliss-reactive ketones (excluding diaryl/α,β-unsaturated/α-hetero) is 1. The molecule has 5 heteroatoms. The first-order valence-electron chi connectivity index (χ1n) is 14.6. The smallest absolute Gasteiger partial charge is 0.312 e. The topological polar surface area (TPSA) is 89.6 Å². The van der Waals surface area contributed by atoms with Crippen LogP contribution in [-0.4, -0.2) is 36.1 Å². The van der Waals surface area contributed by atoms with E-state index in [1.807, 2.05) is 6.92 Å². The maximum absolute atomic E-state index is 13.7. The van der Waals surface area contributed by atoms with E-state index in [4.69, 9.17) is 10.5 Å². The SMILES string of the molecule is CC1(C)[C@@H](O)CC[C@]2(C)[C@H]3C=CC4=C5C[C@](C)(C(=O)OCCN)CC(=O)[C@]5(C)CC[C@@]4(C)[C@]3(C)CC[C@@H]12. The number of carbonyl (C=O) groups is 2. The highest BCUT2D eigenvalue weighted by atomic mass is 16.5. The van der Waals surface area contributed by atoms with Crippen LogP contribution < -0.4 is 5.73 Å². The van der Waals surface area contributed by atoms with Crippen LogP contribution in [0.25, 0.3) is 0 Å². The van der Waals surface area contributed by atoms with Crippen molar-refractivity contribution in [2.24, 2.45) is 50.1 Å². The minimum Gasteiger partial charge on any atom is -0.464 e. The fourth-order valence-electron chi connectivity index (χ4n) is 10.1. The molecule has 0 aliphatic heterocycles. The number of fused-ring (bicyclic) bond motifs is 6. The Morgan fingerprint density at radius 3 is 2.41 bits per heavy atom. The summed E-state index contributed by atoms with van der Waals surface area (Å²) in [5.74, 6) is 0.780. The van der Waals surface area contributed by atoms with E-state index in [9.17, 15) is 14.7 Å². The lowest BCUT2D eigenvalue weighted by molar-refractivity contribution is -0.182. The van der Waals surface area contributed by atoms with Crippen molar-refractivity contribution in [3.63, 3.8) is 0 Å². The number of carbonyl (C=O) groups excluding carboxylic acids is 2. The van der Waals surface area contributed by atoms with Crippen molar-refractivity contribution in [2.45, 2.75) is 106 Å². The fraction of sp³-hybridized carbons (Fsp3) is 0.812. The van der Waals surface area contributed by atoms with Gasteiger partial charge >= 0.3 is 5.97 Å². The van der Waals surface area contributed by atoms with Crippen LogP contribution in [-0.2, 0) is 14.3 Å². The number of ketones is 1. The minimum absolute atomic E-state index is 0.0604. The predicted octanol–water partition coefficient (Wildman–Crippen LogP) is 5.75. The van der Waals surface area contributed by atoms with Crippen LogP contribution in [0.2, 0.25) is 0 Å². The molecule has 0 unspecified atom stereocenters. The van der Waals surface area contributed by atoms with E-state index in [-0.39, 0.29) is 59.1 Å². The molecule has 5 aliphatic rings. The van der Waals surface area contributed by atoms with Crippen molar-refractivity contribution in [1.82, 2.24) is 0 Å². The van der Waals surface area contributed by atoms with Crippen molar-refractivity contribution in [1.29, 1.82) is 0 Å². The fourth-order valence-corrected chi connectivity index (χ4v) is 10.1. The molecule has 0 heterocycles. The Bertz CT molecular complexity index is 1070. The van der Waals surface area contributed by atoms with Crippen LogP contribution >= 0.6 is 0 Å². The van der Waals surface area contributed by atoms with Crippen LogP contribution in [0.5, 0.6) is 0 Å². The van der Waals surface area contributed by atoms with Crippen LogP contribution in [0.1, 0.15) is 99.8 Å². The maximum atomic E-state index is 13.7. The van der Waals surface area contributed by atoms with E-state index >= 15 is 0 Å². The van der Waals surface area contributed by atoms with E-state index in [0.29, 0.717) is 18.3 Å². The normalized spacial score (nSPS) is 48.5. The lowest BCUT2D eigenvalue weighted by Gasteiger charge is -2.69. The first kappa shape index (κ1) is 27.1. The van der Waals surface area contributed by atoms with Gasteiger partial charge in [-0.2, -0.15) is 0 Å². The van der Waals surface area contributed by atoms with Gasteiger partial charge in [0.25, 0.3) is 0 Å². The van der Waals surface area contributed by atoms with E-state index in [2.05, 4.69) is 53.7 Å². The first-order valence-corrected chi connectivity index (χ1v) is 14.6. The average Bonchev–Trinajstić information content (AvgIpc) is 2.82. The zero-order chi connectivity index (χ0) is 27.2. The van der Waals surface area contributed by atoms with Gasteiger partial charge in [-0.25, -0.2) is 0 Å². The van der Waals surface area contributed by atoms with Crippen molar-refractivity contribution >= 4 is 11.8 Å². The Morgan fingerprint density at radius 2 is 1.73 bits per heavy atom. The molecule has 8 atom stereocenters. The molecule has 5 rings (SSSR count). The molecule has 0 aromatic heterocycles. The zero-order valence-corrected chi connectivity index (χ0v) is 24.2. The summed E-state index contributed by atoms with van der Waals surface area (Å²) in [7, 11) is 0. The molecule has 206 valence electrons. The summed E-state index contributed by atoms with van der Waals surface area (Å²) in [5.41, 5.74) is 6.77. The quantitative estimate of drug-likeness (QED) is 0.471. The minimum atomic E-state index is -0.842. The van der Waals surface area contributed by atoms with Gasteiger partial charge in [0.2, 0.25) is 0 Å². The van der Waals surface area contributed by atoms with Gasteiger partial charge in [-0.05, 0) is 97.9 Å². The second kappa shape index (κ2) is 8.27. The molecular weight excluding hydrogens is 462 g/mol. The zero-order valence-electron chi connectivity index (χ0n) is 24.2. The Hall–Kier alpha value is -1.46. The average molecular weight is 512 g/mol. The molecule has 5 aliphatic carbocycles. The van der Waals surface area contributed by atoms with Crippen molar-refractivity contribution in [3.05, 3.63) is 23.3 Å². The molecule has 37 heavy (non-hydrogen) atoms. The van der Waals surface area contributed by atoms with Crippen molar-refractivity contribution in [2.75, 3.05) is 13.2 Å². The van der Waals surface area contributed by atoms with Crippen LogP contribution in [0.15, 0.2) is 23.3 Å². The van der Waals surface area contributed by atoms with Gasteiger partial charge in [-0.15, -0.1) is 0 Å². The van der Waals surface area contributed by atoms with Gasteiger partial charge in [-0.1, -0.05) is 52.3 Å². The molecule has 0 aromatic rings. The number of rotatable bonds is 3.